The van der Waals surface area contributed by atoms with E-state index in [-0.39, 0.29) is 5.91 Å². The molecule has 8 heteroatoms. The fraction of sp³-hybridized carbons (Fsp3) is 0.100. The van der Waals surface area contributed by atoms with Crippen LogP contribution in [0.5, 0.6) is 5.75 Å². The summed E-state index contributed by atoms with van der Waals surface area (Å²) in [5.41, 5.74) is 1.39. The predicted molar refractivity (Wildman–Crippen MR) is 109 cm³/mol. The molecular weight excluding hydrogens is 374 g/mol. The zero-order valence-electron chi connectivity index (χ0n) is 14.8. The van der Waals surface area contributed by atoms with Crippen LogP contribution in [-0.4, -0.2) is 34.0 Å². The summed E-state index contributed by atoms with van der Waals surface area (Å²) in [6, 6.07) is 16.7. The number of aromatic nitrogens is 3. The van der Waals surface area contributed by atoms with Gasteiger partial charge in [-0.05, 0) is 36.4 Å². The first-order chi connectivity index (χ1) is 13.8. The van der Waals surface area contributed by atoms with Crippen molar-refractivity contribution < 1.29 is 9.53 Å². The van der Waals surface area contributed by atoms with Gasteiger partial charge in [0.25, 0.3) is 5.91 Å². The highest BCUT2D eigenvalue weighted by molar-refractivity contribution is 7.22. The van der Waals surface area contributed by atoms with E-state index in [0.29, 0.717) is 29.8 Å². The summed E-state index contributed by atoms with van der Waals surface area (Å²) in [6.07, 6.45) is 3.32. The van der Waals surface area contributed by atoms with E-state index in [4.69, 9.17) is 4.74 Å². The zero-order chi connectivity index (χ0) is 19.2. The Labute approximate surface area is 165 Å². The van der Waals surface area contributed by atoms with Crippen molar-refractivity contribution in [3.05, 3.63) is 72.6 Å². The maximum absolute atomic E-state index is 12.4. The summed E-state index contributed by atoms with van der Waals surface area (Å²) in [5.74, 6) is 1.12. The predicted octanol–water partition coefficient (Wildman–Crippen LogP) is 3.64. The number of thiazole rings is 1. The van der Waals surface area contributed by atoms with E-state index in [1.807, 2.05) is 42.5 Å². The molecule has 2 N–H and O–H groups in total. The summed E-state index contributed by atoms with van der Waals surface area (Å²) >= 11 is 1.44. The third kappa shape index (κ3) is 4.41. The SMILES string of the molecule is O=C(NCCOc1ccccc1)c1ccc2nc(Nc3ncccn3)sc2c1. The van der Waals surface area contributed by atoms with Gasteiger partial charge in [-0.1, -0.05) is 29.5 Å². The summed E-state index contributed by atoms with van der Waals surface area (Å²) < 4.78 is 6.49. The zero-order valence-corrected chi connectivity index (χ0v) is 15.6. The van der Waals surface area contributed by atoms with Crippen LogP contribution in [-0.2, 0) is 0 Å². The summed E-state index contributed by atoms with van der Waals surface area (Å²) in [7, 11) is 0. The lowest BCUT2D eigenvalue weighted by atomic mass is 10.2. The van der Waals surface area contributed by atoms with Crippen molar-refractivity contribution in [1.29, 1.82) is 0 Å². The molecule has 4 aromatic rings. The quantitative estimate of drug-likeness (QED) is 0.468. The number of carbonyl (C=O) groups excluding carboxylic acids is 1. The molecule has 28 heavy (non-hydrogen) atoms. The third-order valence-corrected chi connectivity index (χ3v) is 4.77. The van der Waals surface area contributed by atoms with Gasteiger partial charge in [-0.15, -0.1) is 0 Å². The van der Waals surface area contributed by atoms with Crippen LogP contribution in [0, 0.1) is 0 Å². The molecule has 0 fully saturated rings. The molecule has 1 amide bonds. The van der Waals surface area contributed by atoms with Crippen LogP contribution in [0.15, 0.2) is 67.0 Å². The normalized spacial score (nSPS) is 10.6. The van der Waals surface area contributed by atoms with E-state index >= 15 is 0 Å². The van der Waals surface area contributed by atoms with Crippen molar-refractivity contribution in [3.63, 3.8) is 0 Å². The van der Waals surface area contributed by atoms with Crippen LogP contribution in [0.3, 0.4) is 0 Å². The van der Waals surface area contributed by atoms with Gasteiger partial charge in [0.05, 0.1) is 16.8 Å². The minimum Gasteiger partial charge on any atom is -0.492 e. The highest BCUT2D eigenvalue weighted by Gasteiger charge is 2.10. The average Bonchev–Trinajstić information content (AvgIpc) is 3.14. The number of hydrogen-bond acceptors (Lipinski definition) is 7. The Balaban J connectivity index is 1.36. The second-order valence-corrected chi connectivity index (χ2v) is 6.85. The minimum absolute atomic E-state index is 0.145. The number of fused-ring (bicyclic) bond motifs is 1. The molecule has 0 saturated carbocycles. The fourth-order valence-corrected chi connectivity index (χ4v) is 3.43. The first-order valence-corrected chi connectivity index (χ1v) is 9.50. The first-order valence-electron chi connectivity index (χ1n) is 8.68. The highest BCUT2D eigenvalue weighted by atomic mass is 32.1. The molecule has 0 atom stereocenters. The Kier molecular flexibility index (Phi) is 5.39. The number of amides is 1. The molecule has 2 heterocycles. The Morgan fingerprint density at radius 2 is 1.86 bits per heavy atom. The molecule has 0 radical (unpaired) electrons. The van der Waals surface area contributed by atoms with Crippen molar-refractivity contribution in [1.82, 2.24) is 20.3 Å². The van der Waals surface area contributed by atoms with E-state index in [2.05, 4.69) is 25.6 Å². The Hall–Kier alpha value is -3.52. The van der Waals surface area contributed by atoms with E-state index in [1.165, 1.54) is 11.3 Å². The van der Waals surface area contributed by atoms with Gasteiger partial charge in [-0.2, -0.15) is 0 Å². The van der Waals surface area contributed by atoms with Gasteiger partial charge in [0.1, 0.15) is 12.4 Å². The number of ether oxygens (including phenoxy) is 1. The molecule has 2 aromatic carbocycles. The number of anilines is 2. The van der Waals surface area contributed by atoms with Crippen LogP contribution in [0.2, 0.25) is 0 Å². The largest absolute Gasteiger partial charge is 0.492 e. The second kappa shape index (κ2) is 8.45. The summed E-state index contributed by atoms with van der Waals surface area (Å²) in [5, 5.41) is 6.61. The molecular formula is C20H17N5O2S. The van der Waals surface area contributed by atoms with Gasteiger partial charge in [-0.25, -0.2) is 15.0 Å². The number of carbonyl (C=O) groups is 1. The molecule has 0 spiro atoms. The van der Waals surface area contributed by atoms with Gasteiger partial charge in [0, 0.05) is 18.0 Å². The Morgan fingerprint density at radius 1 is 1.04 bits per heavy atom. The number of hydrogen-bond donors (Lipinski definition) is 2. The van der Waals surface area contributed by atoms with Crippen molar-refractivity contribution >= 4 is 38.5 Å². The lowest BCUT2D eigenvalue weighted by Gasteiger charge is -2.07. The Morgan fingerprint density at radius 3 is 2.68 bits per heavy atom. The maximum Gasteiger partial charge on any atom is 0.251 e. The van der Waals surface area contributed by atoms with Gasteiger partial charge in [0.2, 0.25) is 5.95 Å². The second-order valence-electron chi connectivity index (χ2n) is 5.82. The van der Waals surface area contributed by atoms with Crippen LogP contribution < -0.4 is 15.4 Å². The van der Waals surface area contributed by atoms with Crippen LogP contribution in [0.1, 0.15) is 10.4 Å². The number of nitrogens with zero attached hydrogens (tertiary/aromatic N) is 3. The van der Waals surface area contributed by atoms with Gasteiger partial charge in [-0.3, -0.25) is 4.79 Å². The van der Waals surface area contributed by atoms with Gasteiger partial charge in [0.15, 0.2) is 5.13 Å². The van der Waals surface area contributed by atoms with Crippen molar-refractivity contribution in [2.75, 3.05) is 18.5 Å². The van der Waals surface area contributed by atoms with Crippen LogP contribution in [0.25, 0.3) is 10.2 Å². The maximum atomic E-state index is 12.4. The van der Waals surface area contributed by atoms with E-state index in [9.17, 15) is 4.79 Å². The highest BCUT2D eigenvalue weighted by Crippen LogP contribution is 2.28. The monoisotopic (exact) mass is 391 g/mol. The molecule has 0 aliphatic carbocycles. The van der Waals surface area contributed by atoms with Crippen molar-refractivity contribution in [2.45, 2.75) is 0 Å². The number of benzene rings is 2. The first kappa shape index (κ1) is 17.9. The van der Waals surface area contributed by atoms with Crippen molar-refractivity contribution in [2.24, 2.45) is 0 Å². The standard InChI is InChI=1S/C20H17N5O2S/c26-18(21-11-12-27-15-5-2-1-3-6-15)14-7-8-16-17(13-14)28-20(24-16)25-19-22-9-4-10-23-19/h1-10,13H,11-12H2,(H,21,26)(H,22,23,24,25). The number of rotatable bonds is 7. The molecule has 4 rings (SSSR count). The van der Waals surface area contributed by atoms with E-state index in [0.717, 1.165) is 16.0 Å². The molecule has 0 aliphatic heterocycles. The molecule has 0 bridgehead atoms. The molecule has 0 saturated heterocycles. The fourth-order valence-electron chi connectivity index (χ4n) is 2.53. The summed E-state index contributed by atoms with van der Waals surface area (Å²) in [4.78, 5) is 25.1. The van der Waals surface area contributed by atoms with Crippen LogP contribution in [0.4, 0.5) is 11.1 Å². The van der Waals surface area contributed by atoms with E-state index in [1.54, 1.807) is 24.5 Å². The molecule has 140 valence electrons. The van der Waals surface area contributed by atoms with Gasteiger partial charge < -0.3 is 15.4 Å². The van der Waals surface area contributed by atoms with E-state index < -0.39 is 0 Å². The molecule has 0 aliphatic rings. The molecule has 0 unspecified atom stereocenters. The smallest absolute Gasteiger partial charge is 0.251 e. The minimum atomic E-state index is -0.145. The average molecular weight is 391 g/mol. The topological polar surface area (TPSA) is 89.0 Å². The molecule has 2 aromatic heterocycles. The lowest BCUT2D eigenvalue weighted by Crippen LogP contribution is -2.28. The summed E-state index contributed by atoms with van der Waals surface area (Å²) in [6.45, 7) is 0.830. The lowest BCUT2D eigenvalue weighted by molar-refractivity contribution is 0.0947. The molecule has 7 nitrogen and oxygen atoms in total. The number of nitrogens with one attached hydrogen (secondary N) is 2. The van der Waals surface area contributed by atoms with Gasteiger partial charge >= 0.3 is 0 Å². The third-order valence-electron chi connectivity index (χ3n) is 3.83. The number of para-hydroxylation sites is 1. The Bertz CT molecular complexity index is 1070. The van der Waals surface area contributed by atoms with Crippen LogP contribution >= 0.6 is 11.3 Å². The van der Waals surface area contributed by atoms with Crippen molar-refractivity contribution in [3.8, 4) is 5.75 Å².